The first-order valence-electron chi connectivity index (χ1n) is 6.35. The lowest BCUT2D eigenvalue weighted by atomic mass is 10.1. The van der Waals surface area contributed by atoms with Gasteiger partial charge in [0.1, 0.15) is 0 Å². The smallest absolute Gasteiger partial charge is 0.338 e. The summed E-state index contributed by atoms with van der Waals surface area (Å²) in [6, 6.07) is 9.85. The number of carbonyl (C=O) groups excluding carboxylic acids is 1. The van der Waals surface area contributed by atoms with Gasteiger partial charge in [-0.3, -0.25) is 0 Å². The third-order valence-electron chi connectivity index (χ3n) is 3.23. The number of hydrogen-bond acceptors (Lipinski definition) is 4. The maximum Gasteiger partial charge on any atom is 0.338 e. The Morgan fingerprint density at radius 1 is 1.26 bits per heavy atom. The van der Waals surface area contributed by atoms with Crippen LogP contribution in [0, 0.1) is 0 Å². The molecule has 1 aliphatic rings. The van der Waals surface area contributed by atoms with E-state index in [0.717, 1.165) is 19.5 Å². The average molecular weight is 273 g/mol. The molecule has 4 heteroatoms. The number of hydrogen-bond donors (Lipinski definition) is 1. The van der Waals surface area contributed by atoms with Gasteiger partial charge >= 0.3 is 5.97 Å². The van der Waals surface area contributed by atoms with Gasteiger partial charge in [0.05, 0.1) is 12.2 Å². The SMILES string of the molecule is O=C(OCCc1cccs1)c1ccc2c(c1)CNC2. The average Bonchev–Trinajstić information content (AvgIpc) is 3.08. The molecule has 1 N–H and O–H groups in total. The number of thiophene rings is 1. The summed E-state index contributed by atoms with van der Waals surface area (Å²) in [6.45, 7) is 2.17. The van der Waals surface area contributed by atoms with E-state index in [9.17, 15) is 4.79 Å². The van der Waals surface area contributed by atoms with E-state index in [4.69, 9.17) is 4.74 Å². The number of esters is 1. The van der Waals surface area contributed by atoms with Crippen LogP contribution in [-0.4, -0.2) is 12.6 Å². The third-order valence-corrected chi connectivity index (χ3v) is 4.17. The van der Waals surface area contributed by atoms with E-state index in [2.05, 4.69) is 11.4 Å². The van der Waals surface area contributed by atoms with Crippen LogP contribution in [0.1, 0.15) is 26.4 Å². The van der Waals surface area contributed by atoms with E-state index >= 15 is 0 Å². The van der Waals surface area contributed by atoms with E-state index in [-0.39, 0.29) is 5.97 Å². The van der Waals surface area contributed by atoms with Crippen LogP contribution in [0.5, 0.6) is 0 Å². The number of ether oxygens (including phenoxy) is 1. The molecule has 0 bridgehead atoms. The van der Waals surface area contributed by atoms with E-state index < -0.39 is 0 Å². The minimum Gasteiger partial charge on any atom is -0.462 e. The Bertz CT molecular complexity index is 578. The molecule has 1 aliphatic heterocycles. The summed E-state index contributed by atoms with van der Waals surface area (Å²) in [5.74, 6) is -0.230. The maximum absolute atomic E-state index is 11.9. The Morgan fingerprint density at radius 3 is 3.00 bits per heavy atom. The lowest BCUT2D eigenvalue weighted by Gasteiger charge is -2.05. The highest BCUT2D eigenvalue weighted by molar-refractivity contribution is 7.09. The Hall–Kier alpha value is -1.65. The zero-order valence-corrected chi connectivity index (χ0v) is 11.3. The van der Waals surface area contributed by atoms with Crippen molar-refractivity contribution in [1.29, 1.82) is 0 Å². The summed E-state index contributed by atoms with van der Waals surface area (Å²) in [5, 5.41) is 5.30. The Balaban J connectivity index is 1.58. The van der Waals surface area contributed by atoms with Gasteiger partial charge in [0.2, 0.25) is 0 Å². The number of rotatable bonds is 4. The molecule has 1 aromatic carbocycles. The Kier molecular flexibility index (Phi) is 3.62. The van der Waals surface area contributed by atoms with Crippen LogP contribution in [-0.2, 0) is 24.2 Å². The fourth-order valence-electron chi connectivity index (χ4n) is 2.20. The van der Waals surface area contributed by atoms with Crippen molar-refractivity contribution in [1.82, 2.24) is 5.32 Å². The fraction of sp³-hybridized carbons (Fsp3) is 0.267. The van der Waals surface area contributed by atoms with Gasteiger partial charge in [0.15, 0.2) is 0 Å². The second-order valence-corrected chi connectivity index (χ2v) is 5.58. The van der Waals surface area contributed by atoms with E-state index in [0.29, 0.717) is 12.2 Å². The molecule has 3 rings (SSSR count). The second kappa shape index (κ2) is 5.55. The molecule has 0 unspecified atom stereocenters. The van der Waals surface area contributed by atoms with E-state index in [1.165, 1.54) is 16.0 Å². The minimum atomic E-state index is -0.230. The summed E-state index contributed by atoms with van der Waals surface area (Å²) in [5.41, 5.74) is 3.12. The predicted molar refractivity (Wildman–Crippen MR) is 75.3 cm³/mol. The van der Waals surface area contributed by atoms with Gasteiger partial charge in [0, 0.05) is 24.4 Å². The summed E-state index contributed by atoms with van der Waals surface area (Å²) < 4.78 is 5.31. The molecular weight excluding hydrogens is 258 g/mol. The molecule has 19 heavy (non-hydrogen) atoms. The van der Waals surface area contributed by atoms with Crippen molar-refractivity contribution in [2.75, 3.05) is 6.61 Å². The molecule has 0 spiro atoms. The number of nitrogens with one attached hydrogen (secondary N) is 1. The monoisotopic (exact) mass is 273 g/mol. The molecule has 0 fully saturated rings. The zero-order chi connectivity index (χ0) is 13.1. The molecular formula is C15H15NO2S. The highest BCUT2D eigenvalue weighted by atomic mass is 32.1. The van der Waals surface area contributed by atoms with E-state index in [1.54, 1.807) is 11.3 Å². The highest BCUT2D eigenvalue weighted by Crippen LogP contribution is 2.17. The van der Waals surface area contributed by atoms with Gasteiger partial charge in [-0.25, -0.2) is 4.79 Å². The molecule has 2 aromatic rings. The fourth-order valence-corrected chi connectivity index (χ4v) is 2.89. The van der Waals surface area contributed by atoms with Crippen molar-refractivity contribution in [3.63, 3.8) is 0 Å². The molecule has 98 valence electrons. The normalized spacial score (nSPS) is 13.3. The van der Waals surface area contributed by atoms with Gasteiger partial charge in [-0.05, 0) is 34.7 Å². The topological polar surface area (TPSA) is 38.3 Å². The lowest BCUT2D eigenvalue weighted by molar-refractivity contribution is 0.0510. The molecule has 3 nitrogen and oxygen atoms in total. The van der Waals surface area contributed by atoms with Crippen LogP contribution in [0.25, 0.3) is 0 Å². The van der Waals surface area contributed by atoms with Gasteiger partial charge in [-0.1, -0.05) is 12.1 Å². The van der Waals surface area contributed by atoms with Gasteiger partial charge in [-0.15, -0.1) is 11.3 Å². The quantitative estimate of drug-likeness (QED) is 0.871. The standard InChI is InChI=1S/C15H15NO2S/c17-15(18-6-5-14-2-1-7-19-14)11-3-4-12-9-16-10-13(12)8-11/h1-4,7-8,16H,5-6,9-10H2. The van der Waals surface area contributed by atoms with Gasteiger partial charge in [-0.2, -0.15) is 0 Å². The van der Waals surface area contributed by atoms with Gasteiger partial charge in [0.25, 0.3) is 0 Å². The second-order valence-electron chi connectivity index (χ2n) is 4.55. The predicted octanol–water partition coefficient (Wildman–Crippen LogP) is 2.75. The molecule has 0 amide bonds. The molecule has 0 atom stereocenters. The van der Waals surface area contributed by atoms with Crippen LogP contribution in [0.3, 0.4) is 0 Å². The van der Waals surface area contributed by atoms with Crippen molar-refractivity contribution >= 4 is 17.3 Å². The summed E-state index contributed by atoms with van der Waals surface area (Å²) in [6.07, 6.45) is 0.788. The summed E-state index contributed by atoms with van der Waals surface area (Å²) in [7, 11) is 0. The largest absolute Gasteiger partial charge is 0.462 e. The van der Waals surface area contributed by atoms with Crippen LogP contribution in [0.15, 0.2) is 35.7 Å². The third kappa shape index (κ3) is 2.85. The first-order chi connectivity index (χ1) is 9.33. The molecule has 2 heterocycles. The Morgan fingerprint density at radius 2 is 2.16 bits per heavy atom. The minimum absolute atomic E-state index is 0.230. The molecule has 0 aliphatic carbocycles. The van der Waals surface area contributed by atoms with Crippen LogP contribution in [0.4, 0.5) is 0 Å². The lowest BCUT2D eigenvalue weighted by Crippen LogP contribution is -2.08. The Labute approximate surface area is 116 Å². The summed E-state index contributed by atoms with van der Waals surface area (Å²) in [4.78, 5) is 13.2. The highest BCUT2D eigenvalue weighted by Gasteiger charge is 2.14. The maximum atomic E-state index is 11.9. The molecule has 0 radical (unpaired) electrons. The zero-order valence-electron chi connectivity index (χ0n) is 10.5. The number of carbonyl (C=O) groups is 1. The van der Waals surface area contributed by atoms with Crippen LogP contribution < -0.4 is 5.32 Å². The van der Waals surface area contributed by atoms with Crippen LogP contribution in [0.2, 0.25) is 0 Å². The van der Waals surface area contributed by atoms with Crippen molar-refractivity contribution in [2.24, 2.45) is 0 Å². The van der Waals surface area contributed by atoms with Crippen molar-refractivity contribution in [3.05, 3.63) is 57.3 Å². The van der Waals surface area contributed by atoms with Gasteiger partial charge < -0.3 is 10.1 Å². The number of benzene rings is 1. The van der Waals surface area contributed by atoms with Crippen molar-refractivity contribution < 1.29 is 9.53 Å². The molecule has 0 saturated carbocycles. The van der Waals surface area contributed by atoms with Crippen molar-refractivity contribution in [3.8, 4) is 0 Å². The summed E-state index contributed by atoms with van der Waals surface area (Å²) >= 11 is 1.69. The number of fused-ring (bicyclic) bond motifs is 1. The van der Waals surface area contributed by atoms with Crippen LogP contribution >= 0.6 is 11.3 Å². The van der Waals surface area contributed by atoms with E-state index in [1.807, 2.05) is 29.6 Å². The van der Waals surface area contributed by atoms with Crippen molar-refractivity contribution in [2.45, 2.75) is 19.5 Å². The first kappa shape index (κ1) is 12.4. The molecule has 1 aromatic heterocycles. The molecule has 0 saturated heterocycles. The first-order valence-corrected chi connectivity index (χ1v) is 7.23.